The zero-order valence-corrected chi connectivity index (χ0v) is 19.1. The standard InChI is InChI=1S/C21H18BrClINO2/c1-26-20-10-15(12-25-18-4-2-3-17(23)11-18)9-19(24)21(20)27-13-14-5-7-16(22)8-6-14/h2-11,25H,12-13H2,1H3. The molecule has 1 N–H and O–H groups in total. The predicted octanol–water partition coefficient (Wildman–Crippen LogP) is 6.91. The third kappa shape index (κ3) is 5.77. The molecule has 0 aliphatic carbocycles. The van der Waals surface area contributed by atoms with E-state index in [2.05, 4.69) is 49.9 Å². The molecule has 0 amide bonds. The van der Waals surface area contributed by atoms with Crippen LogP contribution in [0.1, 0.15) is 11.1 Å². The van der Waals surface area contributed by atoms with Gasteiger partial charge in [-0.2, -0.15) is 0 Å². The number of rotatable bonds is 7. The van der Waals surface area contributed by atoms with Crippen LogP contribution in [0.25, 0.3) is 0 Å². The first-order valence-electron chi connectivity index (χ1n) is 8.28. The van der Waals surface area contributed by atoms with E-state index < -0.39 is 0 Å². The Morgan fingerprint density at radius 1 is 1.04 bits per heavy atom. The minimum Gasteiger partial charge on any atom is -0.493 e. The summed E-state index contributed by atoms with van der Waals surface area (Å²) >= 11 is 11.8. The summed E-state index contributed by atoms with van der Waals surface area (Å²) in [4.78, 5) is 0. The van der Waals surface area contributed by atoms with Crippen LogP contribution in [0.3, 0.4) is 0 Å². The summed E-state index contributed by atoms with van der Waals surface area (Å²) in [6.45, 7) is 1.15. The molecule has 0 unspecified atom stereocenters. The van der Waals surface area contributed by atoms with Gasteiger partial charge in [-0.05, 0) is 76.2 Å². The van der Waals surface area contributed by atoms with Crippen molar-refractivity contribution in [3.63, 3.8) is 0 Å². The molecule has 0 heterocycles. The lowest BCUT2D eigenvalue weighted by atomic mass is 10.2. The summed E-state index contributed by atoms with van der Waals surface area (Å²) in [6, 6.07) is 19.8. The first-order chi connectivity index (χ1) is 13.0. The molecule has 3 aromatic rings. The molecule has 6 heteroatoms. The second kappa shape index (κ2) is 9.66. The zero-order valence-electron chi connectivity index (χ0n) is 14.6. The number of benzene rings is 3. The molecule has 0 aliphatic rings. The maximum atomic E-state index is 6.03. The fourth-order valence-electron chi connectivity index (χ4n) is 2.55. The van der Waals surface area contributed by atoms with Crippen LogP contribution in [0.15, 0.2) is 65.1 Å². The lowest BCUT2D eigenvalue weighted by Gasteiger charge is -2.15. The summed E-state index contributed by atoms with van der Waals surface area (Å²) in [5.74, 6) is 1.48. The Morgan fingerprint density at radius 3 is 2.52 bits per heavy atom. The largest absolute Gasteiger partial charge is 0.493 e. The van der Waals surface area contributed by atoms with Gasteiger partial charge in [-0.1, -0.05) is 45.7 Å². The second-order valence-electron chi connectivity index (χ2n) is 5.89. The fourth-order valence-corrected chi connectivity index (χ4v) is 3.83. The van der Waals surface area contributed by atoms with E-state index in [1.165, 1.54) is 0 Å². The van der Waals surface area contributed by atoms with Crippen molar-refractivity contribution in [2.24, 2.45) is 0 Å². The van der Waals surface area contributed by atoms with E-state index in [1.807, 2.05) is 54.6 Å². The zero-order chi connectivity index (χ0) is 19.2. The maximum absolute atomic E-state index is 6.03. The smallest absolute Gasteiger partial charge is 0.174 e. The Morgan fingerprint density at radius 2 is 1.81 bits per heavy atom. The third-order valence-electron chi connectivity index (χ3n) is 3.91. The van der Waals surface area contributed by atoms with Crippen LogP contribution >= 0.6 is 50.1 Å². The molecule has 0 aliphatic heterocycles. The van der Waals surface area contributed by atoms with Gasteiger partial charge in [-0.3, -0.25) is 0 Å². The van der Waals surface area contributed by atoms with E-state index in [4.69, 9.17) is 21.1 Å². The number of hydrogen-bond donors (Lipinski definition) is 1. The van der Waals surface area contributed by atoms with Crippen LogP contribution in [-0.2, 0) is 13.2 Å². The molecule has 0 saturated carbocycles. The molecule has 3 rings (SSSR count). The Balaban J connectivity index is 1.71. The minimum atomic E-state index is 0.486. The summed E-state index contributed by atoms with van der Waals surface area (Å²) in [6.07, 6.45) is 0. The topological polar surface area (TPSA) is 30.5 Å². The first kappa shape index (κ1) is 20.3. The highest BCUT2D eigenvalue weighted by molar-refractivity contribution is 14.1. The Hall–Kier alpha value is -1.44. The number of methoxy groups -OCH3 is 1. The van der Waals surface area contributed by atoms with Gasteiger partial charge in [0, 0.05) is 21.7 Å². The normalized spacial score (nSPS) is 10.5. The highest BCUT2D eigenvalue weighted by atomic mass is 127. The third-order valence-corrected chi connectivity index (χ3v) is 5.47. The lowest BCUT2D eigenvalue weighted by Crippen LogP contribution is -2.03. The summed E-state index contributed by atoms with van der Waals surface area (Å²) in [5.41, 5.74) is 3.18. The van der Waals surface area contributed by atoms with Crippen LogP contribution in [0.2, 0.25) is 5.02 Å². The van der Waals surface area contributed by atoms with Crippen molar-refractivity contribution in [3.8, 4) is 11.5 Å². The molecular formula is C21H18BrClINO2. The van der Waals surface area contributed by atoms with Crippen LogP contribution in [-0.4, -0.2) is 7.11 Å². The van der Waals surface area contributed by atoms with E-state index in [1.54, 1.807) is 7.11 Å². The second-order valence-corrected chi connectivity index (χ2v) is 8.40. The van der Waals surface area contributed by atoms with Crippen LogP contribution in [0.5, 0.6) is 11.5 Å². The number of anilines is 1. The Kier molecular flexibility index (Phi) is 7.26. The highest BCUT2D eigenvalue weighted by Crippen LogP contribution is 2.35. The van der Waals surface area contributed by atoms with Crippen molar-refractivity contribution in [3.05, 3.63) is 84.9 Å². The monoisotopic (exact) mass is 557 g/mol. The van der Waals surface area contributed by atoms with Crippen molar-refractivity contribution in [1.82, 2.24) is 0 Å². The van der Waals surface area contributed by atoms with Gasteiger partial charge in [-0.25, -0.2) is 0 Å². The Labute approximate surface area is 186 Å². The Bertz CT molecular complexity index is 919. The van der Waals surface area contributed by atoms with E-state index in [-0.39, 0.29) is 0 Å². The maximum Gasteiger partial charge on any atom is 0.174 e. The van der Waals surface area contributed by atoms with Crippen molar-refractivity contribution < 1.29 is 9.47 Å². The lowest BCUT2D eigenvalue weighted by molar-refractivity contribution is 0.282. The molecule has 3 nitrogen and oxygen atoms in total. The molecule has 0 bridgehead atoms. The average molecular weight is 559 g/mol. The number of halogens is 3. The van der Waals surface area contributed by atoms with Crippen molar-refractivity contribution in [1.29, 1.82) is 0 Å². The van der Waals surface area contributed by atoms with E-state index >= 15 is 0 Å². The quantitative estimate of drug-likeness (QED) is 0.320. The molecule has 0 radical (unpaired) electrons. The van der Waals surface area contributed by atoms with Crippen LogP contribution in [0.4, 0.5) is 5.69 Å². The highest BCUT2D eigenvalue weighted by Gasteiger charge is 2.12. The van der Waals surface area contributed by atoms with Gasteiger partial charge in [0.1, 0.15) is 6.61 Å². The van der Waals surface area contributed by atoms with E-state index in [0.29, 0.717) is 18.2 Å². The van der Waals surface area contributed by atoms with Gasteiger partial charge in [0.15, 0.2) is 11.5 Å². The summed E-state index contributed by atoms with van der Waals surface area (Å²) < 4.78 is 13.6. The molecule has 0 spiro atoms. The van der Waals surface area contributed by atoms with Crippen molar-refractivity contribution in [2.45, 2.75) is 13.2 Å². The van der Waals surface area contributed by atoms with Gasteiger partial charge in [0.2, 0.25) is 0 Å². The molecule has 0 atom stereocenters. The number of hydrogen-bond acceptors (Lipinski definition) is 3. The van der Waals surface area contributed by atoms with Gasteiger partial charge in [-0.15, -0.1) is 0 Å². The van der Waals surface area contributed by atoms with E-state index in [9.17, 15) is 0 Å². The molecule has 0 aromatic heterocycles. The SMILES string of the molecule is COc1cc(CNc2cccc(Cl)c2)cc(I)c1OCc1ccc(Br)cc1. The van der Waals surface area contributed by atoms with Gasteiger partial charge >= 0.3 is 0 Å². The minimum absolute atomic E-state index is 0.486. The number of ether oxygens (including phenoxy) is 2. The molecule has 27 heavy (non-hydrogen) atoms. The first-order valence-corrected chi connectivity index (χ1v) is 10.5. The fraction of sp³-hybridized carbons (Fsp3) is 0.143. The van der Waals surface area contributed by atoms with Gasteiger partial charge < -0.3 is 14.8 Å². The van der Waals surface area contributed by atoms with Gasteiger partial charge in [0.25, 0.3) is 0 Å². The predicted molar refractivity (Wildman–Crippen MR) is 123 cm³/mol. The van der Waals surface area contributed by atoms with Crippen molar-refractivity contribution >= 4 is 55.8 Å². The number of nitrogens with one attached hydrogen (secondary N) is 1. The molecule has 0 fully saturated rings. The van der Waals surface area contributed by atoms with Crippen molar-refractivity contribution in [2.75, 3.05) is 12.4 Å². The molecule has 140 valence electrons. The van der Waals surface area contributed by atoms with Gasteiger partial charge in [0.05, 0.1) is 10.7 Å². The van der Waals surface area contributed by atoms with E-state index in [0.717, 1.165) is 36.4 Å². The molecular weight excluding hydrogens is 540 g/mol. The molecule has 3 aromatic carbocycles. The van der Waals surface area contributed by atoms with Crippen LogP contribution < -0.4 is 14.8 Å². The van der Waals surface area contributed by atoms with Crippen LogP contribution in [0, 0.1) is 3.57 Å². The molecule has 0 saturated heterocycles. The summed E-state index contributed by atoms with van der Waals surface area (Å²) in [7, 11) is 1.66. The average Bonchev–Trinajstić information content (AvgIpc) is 2.66. The summed E-state index contributed by atoms with van der Waals surface area (Å²) in [5, 5.41) is 4.09.